The molecule has 1 heterocycles. The van der Waals surface area contributed by atoms with E-state index in [2.05, 4.69) is 5.32 Å². The van der Waals surface area contributed by atoms with Crippen LogP contribution >= 0.6 is 0 Å². The summed E-state index contributed by atoms with van der Waals surface area (Å²) < 4.78 is 5.42. The summed E-state index contributed by atoms with van der Waals surface area (Å²) in [4.78, 5) is 24.3. The normalized spacial score (nSPS) is 14.8. The van der Waals surface area contributed by atoms with Gasteiger partial charge in [-0.25, -0.2) is 4.79 Å². The van der Waals surface area contributed by atoms with Crippen LogP contribution in [0.2, 0.25) is 0 Å². The highest BCUT2D eigenvalue weighted by molar-refractivity contribution is 6.20. The Balaban J connectivity index is 2.46. The second-order valence-electron chi connectivity index (χ2n) is 5.88. The van der Waals surface area contributed by atoms with Gasteiger partial charge in [0, 0.05) is 17.7 Å². The van der Waals surface area contributed by atoms with E-state index >= 15 is 0 Å². The molecule has 1 aliphatic rings. The lowest BCUT2D eigenvalue weighted by Gasteiger charge is -2.21. The molecular formula is C16H19NO3. The van der Waals surface area contributed by atoms with Gasteiger partial charge in [-0.05, 0) is 33.8 Å². The van der Waals surface area contributed by atoms with E-state index in [-0.39, 0.29) is 5.91 Å². The molecule has 0 saturated heterocycles. The Bertz CT molecular complexity index is 594. The maximum absolute atomic E-state index is 12.3. The number of nitrogens with one attached hydrogen (secondary N) is 1. The summed E-state index contributed by atoms with van der Waals surface area (Å²) in [5.41, 5.74) is 2.01. The Morgan fingerprint density at radius 2 is 1.95 bits per heavy atom. The Kier molecular flexibility index (Phi) is 3.66. The van der Waals surface area contributed by atoms with Crippen molar-refractivity contribution in [2.75, 3.05) is 6.54 Å². The second kappa shape index (κ2) is 5.12. The summed E-state index contributed by atoms with van der Waals surface area (Å²) in [6, 6.07) is 5.44. The molecule has 0 atom stereocenters. The standard InChI is InChI=1S/C16H19NO3/c1-10-5-6-11-13(9-10)12(7-8-17-14(11)18)15(19)20-16(2,3)4/h5-7,9H,8H2,1-4H3,(H,17,18). The van der Waals surface area contributed by atoms with E-state index in [4.69, 9.17) is 4.74 Å². The van der Waals surface area contributed by atoms with Crippen molar-refractivity contribution in [3.8, 4) is 0 Å². The first-order chi connectivity index (χ1) is 9.28. The van der Waals surface area contributed by atoms with E-state index < -0.39 is 11.6 Å². The van der Waals surface area contributed by atoms with E-state index in [1.54, 1.807) is 12.1 Å². The largest absolute Gasteiger partial charge is 0.456 e. The Labute approximate surface area is 118 Å². The van der Waals surface area contributed by atoms with Gasteiger partial charge >= 0.3 is 5.97 Å². The van der Waals surface area contributed by atoms with Gasteiger partial charge in [-0.3, -0.25) is 4.79 Å². The SMILES string of the molecule is Cc1ccc2c(c1)C(C(=O)OC(C)(C)C)=CCNC2=O. The molecule has 1 amide bonds. The summed E-state index contributed by atoms with van der Waals surface area (Å²) in [6.07, 6.45) is 1.71. The highest BCUT2D eigenvalue weighted by atomic mass is 16.6. The van der Waals surface area contributed by atoms with Gasteiger partial charge in [0.25, 0.3) is 5.91 Å². The van der Waals surface area contributed by atoms with Crippen molar-refractivity contribution in [1.82, 2.24) is 5.32 Å². The fraction of sp³-hybridized carbons (Fsp3) is 0.375. The molecule has 0 fully saturated rings. The third-order valence-corrected chi connectivity index (χ3v) is 2.90. The number of aryl methyl sites for hydroxylation is 1. The number of fused-ring (bicyclic) bond motifs is 1. The Morgan fingerprint density at radius 3 is 2.60 bits per heavy atom. The van der Waals surface area contributed by atoms with Crippen molar-refractivity contribution < 1.29 is 14.3 Å². The molecule has 0 saturated carbocycles. The number of rotatable bonds is 1. The second-order valence-corrected chi connectivity index (χ2v) is 5.88. The summed E-state index contributed by atoms with van der Waals surface area (Å²) in [5.74, 6) is -0.573. The number of hydrogen-bond acceptors (Lipinski definition) is 3. The van der Waals surface area contributed by atoms with Crippen LogP contribution in [-0.4, -0.2) is 24.0 Å². The zero-order valence-electron chi connectivity index (χ0n) is 12.2. The summed E-state index contributed by atoms with van der Waals surface area (Å²) in [7, 11) is 0. The monoisotopic (exact) mass is 273 g/mol. The van der Waals surface area contributed by atoms with Crippen molar-refractivity contribution in [2.24, 2.45) is 0 Å². The molecule has 1 N–H and O–H groups in total. The van der Waals surface area contributed by atoms with Gasteiger partial charge in [-0.15, -0.1) is 0 Å². The summed E-state index contributed by atoms with van der Waals surface area (Å²) in [5, 5.41) is 2.74. The Hall–Kier alpha value is -2.10. The van der Waals surface area contributed by atoms with Crippen LogP contribution < -0.4 is 5.32 Å². The fourth-order valence-electron chi connectivity index (χ4n) is 2.06. The van der Waals surface area contributed by atoms with Gasteiger partial charge in [0.2, 0.25) is 0 Å². The molecule has 0 bridgehead atoms. The smallest absolute Gasteiger partial charge is 0.339 e. The summed E-state index contributed by atoms with van der Waals surface area (Å²) >= 11 is 0. The molecule has 106 valence electrons. The number of esters is 1. The van der Waals surface area contributed by atoms with Crippen molar-refractivity contribution in [1.29, 1.82) is 0 Å². The minimum atomic E-state index is -0.564. The van der Waals surface area contributed by atoms with Crippen LogP contribution in [-0.2, 0) is 9.53 Å². The third kappa shape index (κ3) is 3.07. The molecule has 4 nitrogen and oxygen atoms in total. The van der Waals surface area contributed by atoms with Crippen LogP contribution in [0.3, 0.4) is 0 Å². The van der Waals surface area contributed by atoms with Gasteiger partial charge in [0.15, 0.2) is 0 Å². The van der Waals surface area contributed by atoms with Gasteiger partial charge < -0.3 is 10.1 Å². The average molecular weight is 273 g/mol. The van der Waals surface area contributed by atoms with E-state index in [1.165, 1.54) is 0 Å². The van der Waals surface area contributed by atoms with Crippen LogP contribution in [0, 0.1) is 6.92 Å². The van der Waals surface area contributed by atoms with Crippen molar-refractivity contribution in [2.45, 2.75) is 33.3 Å². The van der Waals surface area contributed by atoms with Gasteiger partial charge in [0.1, 0.15) is 5.60 Å². The van der Waals surface area contributed by atoms with Gasteiger partial charge in [0.05, 0.1) is 5.57 Å². The first-order valence-corrected chi connectivity index (χ1v) is 6.61. The number of carbonyl (C=O) groups excluding carboxylic acids is 2. The molecule has 0 aromatic heterocycles. The summed E-state index contributed by atoms with van der Waals surface area (Å²) in [6.45, 7) is 7.71. The van der Waals surface area contributed by atoms with Gasteiger partial charge in [-0.2, -0.15) is 0 Å². The zero-order valence-corrected chi connectivity index (χ0v) is 12.2. The van der Waals surface area contributed by atoms with Crippen LogP contribution in [0.5, 0.6) is 0 Å². The number of hydrogen-bond donors (Lipinski definition) is 1. The molecule has 0 spiro atoms. The fourth-order valence-corrected chi connectivity index (χ4v) is 2.06. The van der Waals surface area contributed by atoms with Crippen molar-refractivity contribution >= 4 is 17.4 Å². The molecule has 1 aromatic carbocycles. The minimum absolute atomic E-state index is 0.171. The molecule has 4 heteroatoms. The molecule has 0 unspecified atom stereocenters. The third-order valence-electron chi connectivity index (χ3n) is 2.90. The van der Waals surface area contributed by atoms with E-state index in [1.807, 2.05) is 39.8 Å². The molecule has 1 aliphatic heterocycles. The zero-order chi connectivity index (χ0) is 14.9. The number of benzene rings is 1. The van der Waals surface area contributed by atoms with Crippen LogP contribution in [0.4, 0.5) is 0 Å². The topological polar surface area (TPSA) is 55.4 Å². The molecular weight excluding hydrogens is 254 g/mol. The molecule has 20 heavy (non-hydrogen) atoms. The van der Waals surface area contributed by atoms with E-state index in [9.17, 15) is 9.59 Å². The molecule has 0 aliphatic carbocycles. The van der Waals surface area contributed by atoms with Crippen LogP contribution in [0.15, 0.2) is 24.3 Å². The first kappa shape index (κ1) is 14.3. The maximum Gasteiger partial charge on any atom is 0.339 e. The molecule has 2 rings (SSSR count). The van der Waals surface area contributed by atoms with Crippen molar-refractivity contribution in [3.63, 3.8) is 0 Å². The minimum Gasteiger partial charge on any atom is -0.456 e. The number of amides is 1. The predicted molar refractivity (Wildman–Crippen MR) is 77.3 cm³/mol. The van der Waals surface area contributed by atoms with Crippen LogP contribution in [0.25, 0.3) is 5.57 Å². The molecule has 1 aromatic rings. The lowest BCUT2D eigenvalue weighted by molar-refractivity contribution is -0.147. The highest BCUT2D eigenvalue weighted by Gasteiger charge is 2.26. The number of ether oxygens (including phenoxy) is 1. The lowest BCUT2D eigenvalue weighted by atomic mass is 9.97. The number of carbonyl (C=O) groups is 2. The average Bonchev–Trinajstić information content (AvgIpc) is 2.46. The van der Waals surface area contributed by atoms with E-state index in [0.29, 0.717) is 23.2 Å². The Morgan fingerprint density at radius 1 is 1.25 bits per heavy atom. The van der Waals surface area contributed by atoms with Crippen molar-refractivity contribution in [3.05, 3.63) is 41.0 Å². The quantitative estimate of drug-likeness (QED) is 0.800. The van der Waals surface area contributed by atoms with Crippen LogP contribution in [0.1, 0.15) is 42.3 Å². The van der Waals surface area contributed by atoms with Gasteiger partial charge in [-0.1, -0.05) is 23.8 Å². The predicted octanol–water partition coefficient (Wildman–Crippen LogP) is 2.46. The molecule has 0 radical (unpaired) electrons. The lowest BCUT2D eigenvalue weighted by Crippen LogP contribution is -2.24. The van der Waals surface area contributed by atoms with E-state index in [0.717, 1.165) is 5.56 Å². The maximum atomic E-state index is 12.3. The first-order valence-electron chi connectivity index (χ1n) is 6.61. The highest BCUT2D eigenvalue weighted by Crippen LogP contribution is 2.25.